The predicted octanol–water partition coefficient (Wildman–Crippen LogP) is 3.62. The van der Waals surface area contributed by atoms with E-state index in [1.54, 1.807) is 0 Å². The van der Waals surface area contributed by atoms with Crippen LogP contribution in [0.25, 0.3) is 0 Å². The van der Waals surface area contributed by atoms with Gasteiger partial charge in [0, 0.05) is 39.0 Å². The molecule has 3 rings (SSSR count). The lowest BCUT2D eigenvalue weighted by Gasteiger charge is -2.37. The number of amides is 1. The van der Waals surface area contributed by atoms with Crippen LogP contribution in [0.5, 0.6) is 0 Å². The number of nitrogens with zero attached hydrogens (tertiary/aromatic N) is 2. The topological polar surface area (TPSA) is 32.8 Å². The molecular weight excluding hydrogens is 288 g/mol. The Morgan fingerprint density at radius 3 is 2.35 bits per heavy atom. The lowest BCUT2D eigenvalue weighted by Crippen LogP contribution is -2.46. The highest BCUT2D eigenvalue weighted by atomic mass is 16.6. The minimum atomic E-state index is -0.231. The van der Waals surface area contributed by atoms with Crippen LogP contribution in [-0.4, -0.2) is 47.7 Å². The summed E-state index contributed by atoms with van der Waals surface area (Å²) in [6, 6.07) is 8.97. The van der Waals surface area contributed by atoms with Gasteiger partial charge in [-0.2, -0.15) is 0 Å². The van der Waals surface area contributed by atoms with Crippen LogP contribution in [-0.2, 0) is 11.3 Å². The Bertz CT molecular complexity index is 545. The van der Waals surface area contributed by atoms with Crippen LogP contribution in [0.2, 0.25) is 0 Å². The van der Waals surface area contributed by atoms with Crippen molar-refractivity contribution in [3.05, 3.63) is 35.4 Å². The van der Waals surface area contributed by atoms with Gasteiger partial charge in [-0.05, 0) is 24.0 Å². The van der Waals surface area contributed by atoms with Gasteiger partial charge in [-0.15, -0.1) is 0 Å². The van der Waals surface area contributed by atoms with Crippen molar-refractivity contribution in [3.63, 3.8) is 0 Å². The Kier molecular flexibility index (Phi) is 4.62. The van der Waals surface area contributed by atoms with E-state index < -0.39 is 0 Å². The van der Waals surface area contributed by atoms with Gasteiger partial charge in [-0.3, -0.25) is 4.90 Å². The van der Waals surface area contributed by atoms with Crippen molar-refractivity contribution in [1.29, 1.82) is 0 Å². The zero-order chi connectivity index (χ0) is 16.4. The third-order valence-corrected chi connectivity index (χ3v) is 5.24. The summed E-state index contributed by atoms with van der Waals surface area (Å²) in [4.78, 5) is 16.1. The summed E-state index contributed by atoms with van der Waals surface area (Å²) in [6.45, 7) is 10.9. The molecule has 4 heteroatoms. The SMILES string of the molecule is CCN1CC2(CCN(Cc3ccc(C(C)C)cc3)CC2)OC1=O. The van der Waals surface area contributed by atoms with E-state index >= 15 is 0 Å². The van der Waals surface area contributed by atoms with E-state index in [2.05, 4.69) is 43.0 Å². The molecule has 2 heterocycles. The van der Waals surface area contributed by atoms with E-state index in [-0.39, 0.29) is 11.7 Å². The molecule has 0 aromatic heterocycles. The third-order valence-electron chi connectivity index (χ3n) is 5.24. The fourth-order valence-corrected chi connectivity index (χ4v) is 3.58. The van der Waals surface area contributed by atoms with Crippen LogP contribution in [0.1, 0.15) is 50.7 Å². The van der Waals surface area contributed by atoms with Gasteiger partial charge >= 0.3 is 6.09 Å². The maximum atomic E-state index is 11.8. The summed E-state index contributed by atoms with van der Waals surface area (Å²) in [5, 5.41) is 0. The van der Waals surface area contributed by atoms with Crippen molar-refractivity contribution in [2.45, 2.75) is 51.7 Å². The highest BCUT2D eigenvalue weighted by Crippen LogP contribution is 2.33. The molecule has 2 aliphatic heterocycles. The number of piperidine rings is 1. The van der Waals surface area contributed by atoms with Crippen molar-refractivity contribution in [2.75, 3.05) is 26.2 Å². The Morgan fingerprint density at radius 2 is 1.83 bits per heavy atom. The summed E-state index contributed by atoms with van der Waals surface area (Å²) < 4.78 is 5.69. The molecule has 4 nitrogen and oxygen atoms in total. The van der Waals surface area contributed by atoms with Gasteiger partial charge in [0.25, 0.3) is 0 Å². The molecule has 1 amide bonds. The number of likely N-dealkylation sites (N-methyl/N-ethyl adjacent to an activating group) is 1. The number of likely N-dealkylation sites (tertiary alicyclic amines) is 1. The van der Waals surface area contributed by atoms with Gasteiger partial charge in [0.2, 0.25) is 0 Å². The molecule has 2 saturated heterocycles. The molecule has 1 aromatic rings. The Labute approximate surface area is 139 Å². The first kappa shape index (κ1) is 16.3. The van der Waals surface area contributed by atoms with E-state index in [0.29, 0.717) is 5.92 Å². The smallest absolute Gasteiger partial charge is 0.410 e. The van der Waals surface area contributed by atoms with E-state index in [1.807, 2.05) is 11.8 Å². The highest BCUT2D eigenvalue weighted by molar-refractivity contribution is 5.70. The number of carbonyl (C=O) groups is 1. The molecule has 23 heavy (non-hydrogen) atoms. The van der Waals surface area contributed by atoms with E-state index in [1.165, 1.54) is 11.1 Å². The second-order valence-corrected chi connectivity index (χ2v) is 7.24. The van der Waals surface area contributed by atoms with E-state index in [9.17, 15) is 4.79 Å². The van der Waals surface area contributed by atoms with Gasteiger partial charge < -0.3 is 9.64 Å². The molecule has 0 atom stereocenters. The molecule has 0 N–H and O–H groups in total. The van der Waals surface area contributed by atoms with Crippen LogP contribution < -0.4 is 0 Å². The van der Waals surface area contributed by atoms with Gasteiger partial charge in [0.05, 0.1) is 6.54 Å². The molecule has 1 spiro atoms. The van der Waals surface area contributed by atoms with Gasteiger partial charge in [-0.25, -0.2) is 4.79 Å². The first-order valence-corrected chi connectivity index (χ1v) is 8.80. The van der Waals surface area contributed by atoms with Gasteiger partial charge in [0.1, 0.15) is 5.60 Å². The van der Waals surface area contributed by atoms with Crippen LogP contribution in [0.15, 0.2) is 24.3 Å². The van der Waals surface area contributed by atoms with Crippen LogP contribution in [0.4, 0.5) is 4.79 Å². The quantitative estimate of drug-likeness (QED) is 0.850. The number of ether oxygens (including phenoxy) is 1. The minimum Gasteiger partial charge on any atom is -0.441 e. The summed E-state index contributed by atoms with van der Waals surface area (Å²) >= 11 is 0. The zero-order valence-electron chi connectivity index (χ0n) is 14.5. The van der Waals surface area contributed by atoms with Crippen molar-refractivity contribution in [2.24, 2.45) is 0 Å². The molecular formula is C19H28N2O2. The van der Waals surface area contributed by atoms with Crippen molar-refractivity contribution < 1.29 is 9.53 Å². The number of hydrogen-bond acceptors (Lipinski definition) is 3. The maximum absolute atomic E-state index is 11.8. The standard InChI is InChI=1S/C19H28N2O2/c1-4-21-14-19(23-18(21)22)9-11-20(12-10-19)13-16-5-7-17(8-6-16)15(2)3/h5-8,15H,4,9-14H2,1-3H3. The van der Waals surface area contributed by atoms with Crippen molar-refractivity contribution in [3.8, 4) is 0 Å². The van der Waals surface area contributed by atoms with Crippen molar-refractivity contribution in [1.82, 2.24) is 9.80 Å². The van der Waals surface area contributed by atoms with Crippen LogP contribution in [0.3, 0.4) is 0 Å². The molecule has 2 fully saturated rings. The highest BCUT2D eigenvalue weighted by Gasteiger charge is 2.46. The van der Waals surface area contributed by atoms with E-state index in [4.69, 9.17) is 4.74 Å². The maximum Gasteiger partial charge on any atom is 0.410 e. The summed E-state index contributed by atoms with van der Waals surface area (Å²) in [7, 11) is 0. The molecule has 2 aliphatic rings. The zero-order valence-corrected chi connectivity index (χ0v) is 14.5. The lowest BCUT2D eigenvalue weighted by atomic mass is 9.91. The second-order valence-electron chi connectivity index (χ2n) is 7.24. The molecule has 0 radical (unpaired) electrons. The summed E-state index contributed by atoms with van der Waals surface area (Å²) in [5.74, 6) is 0.581. The Hall–Kier alpha value is -1.55. The van der Waals surface area contributed by atoms with Gasteiger partial charge in [0.15, 0.2) is 0 Å². The monoisotopic (exact) mass is 316 g/mol. The Morgan fingerprint density at radius 1 is 1.17 bits per heavy atom. The Balaban J connectivity index is 1.54. The molecule has 0 saturated carbocycles. The number of hydrogen-bond donors (Lipinski definition) is 0. The summed E-state index contributed by atoms with van der Waals surface area (Å²) in [6.07, 6.45) is 1.75. The molecule has 0 bridgehead atoms. The minimum absolute atomic E-state index is 0.134. The molecule has 0 unspecified atom stereocenters. The molecule has 0 aliphatic carbocycles. The largest absolute Gasteiger partial charge is 0.441 e. The predicted molar refractivity (Wildman–Crippen MR) is 91.5 cm³/mol. The van der Waals surface area contributed by atoms with Crippen LogP contribution >= 0.6 is 0 Å². The molecule has 1 aromatic carbocycles. The lowest BCUT2D eigenvalue weighted by molar-refractivity contribution is -0.00123. The first-order valence-electron chi connectivity index (χ1n) is 8.80. The normalized spacial score (nSPS) is 21.2. The fraction of sp³-hybridized carbons (Fsp3) is 0.632. The average molecular weight is 316 g/mol. The van der Waals surface area contributed by atoms with Crippen molar-refractivity contribution >= 4 is 6.09 Å². The second kappa shape index (κ2) is 6.52. The number of benzene rings is 1. The van der Waals surface area contributed by atoms with E-state index in [0.717, 1.165) is 45.6 Å². The first-order chi connectivity index (χ1) is 11.0. The van der Waals surface area contributed by atoms with Crippen LogP contribution in [0, 0.1) is 0 Å². The molecule has 126 valence electrons. The fourth-order valence-electron chi connectivity index (χ4n) is 3.58. The average Bonchev–Trinajstić information content (AvgIpc) is 2.86. The third kappa shape index (κ3) is 3.52. The number of carbonyl (C=O) groups excluding carboxylic acids is 1. The van der Waals surface area contributed by atoms with Gasteiger partial charge in [-0.1, -0.05) is 38.1 Å². The number of rotatable bonds is 4. The summed E-state index contributed by atoms with van der Waals surface area (Å²) in [5.41, 5.74) is 2.53.